The number of hydrogen-bond acceptors (Lipinski definition) is 4. The van der Waals surface area contributed by atoms with Crippen LogP contribution in [-0.4, -0.2) is 26.8 Å². The Hall–Kier alpha value is -3.55. The summed E-state index contributed by atoms with van der Waals surface area (Å²) in [4.78, 5) is 26.8. The van der Waals surface area contributed by atoms with Crippen LogP contribution >= 0.6 is 0 Å². The zero-order valence-corrected chi connectivity index (χ0v) is 13.7. The predicted molar refractivity (Wildman–Crippen MR) is 91.3 cm³/mol. The van der Waals surface area contributed by atoms with Gasteiger partial charge in [-0.1, -0.05) is 0 Å². The van der Waals surface area contributed by atoms with Crippen LogP contribution in [0.2, 0.25) is 0 Å². The summed E-state index contributed by atoms with van der Waals surface area (Å²) in [7, 11) is 0. The molecule has 0 atom stereocenters. The molecule has 5 nitrogen and oxygen atoms in total. The number of ketones is 1. The molecule has 0 aliphatic carbocycles. The van der Waals surface area contributed by atoms with Gasteiger partial charge in [0.1, 0.15) is 12.0 Å². The van der Waals surface area contributed by atoms with Crippen LogP contribution in [0.25, 0.3) is 16.9 Å². The van der Waals surface area contributed by atoms with E-state index in [-0.39, 0.29) is 11.4 Å². The van der Waals surface area contributed by atoms with Crippen molar-refractivity contribution in [3.8, 4) is 16.9 Å². The summed E-state index contributed by atoms with van der Waals surface area (Å²) in [5.74, 6) is -0.505. The van der Waals surface area contributed by atoms with Gasteiger partial charge in [-0.15, -0.1) is 0 Å². The number of carbonyl (C=O) groups is 2. The molecule has 0 aliphatic rings. The van der Waals surface area contributed by atoms with Gasteiger partial charge in [-0.05, 0) is 54.6 Å². The maximum absolute atomic E-state index is 12.8. The lowest BCUT2D eigenvalue weighted by Crippen LogP contribution is -2.09. The predicted octanol–water partition coefficient (Wildman–Crippen LogP) is 3.89. The molecular formula is C19H12F3N3O2. The summed E-state index contributed by atoms with van der Waals surface area (Å²) in [6, 6.07) is 9.17. The van der Waals surface area contributed by atoms with Gasteiger partial charge in [0.2, 0.25) is 5.78 Å². The van der Waals surface area contributed by atoms with E-state index in [0.717, 1.165) is 24.3 Å². The average molecular weight is 371 g/mol. The standard InChI is InChI=1S/C19H12F3N3O2/c20-19(21,22)14-3-5-15(6-4-14)25-17(18(27)2-1-11-26)12-16(24-25)13-7-9-23-10-8-13/h1-12H/b2-1+. The highest BCUT2D eigenvalue weighted by molar-refractivity contribution is 6.05. The molecule has 8 heteroatoms. The zero-order chi connectivity index (χ0) is 19.4. The van der Waals surface area contributed by atoms with Crippen molar-refractivity contribution in [1.29, 1.82) is 0 Å². The second-order valence-electron chi connectivity index (χ2n) is 5.47. The SMILES string of the molecule is O=C/C=C/C(=O)c1cc(-c2ccncc2)nn1-c1ccc(C(F)(F)F)cc1. The Morgan fingerprint density at radius 1 is 1.04 bits per heavy atom. The second kappa shape index (κ2) is 7.36. The summed E-state index contributed by atoms with van der Waals surface area (Å²) >= 11 is 0. The van der Waals surface area contributed by atoms with Gasteiger partial charge in [-0.2, -0.15) is 18.3 Å². The number of pyridine rings is 1. The molecule has 0 aliphatic heterocycles. The minimum Gasteiger partial charge on any atom is -0.299 e. The first kappa shape index (κ1) is 18.2. The summed E-state index contributed by atoms with van der Waals surface area (Å²) < 4.78 is 39.6. The molecule has 0 saturated heterocycles. The van der Waals surface area contributed by atoms with Gasteiger partial charge >= 0.3 is 6.18 Å². The number of aromatic nitrogens is 3. The van der Waals surface area contributed by atoms with Crippen LogP contribution in [0, 0.1) is 0 Å². The van der Waals surface area contributed by atoms with E-state index in [0.29, 0.717) is 17.5 Å². The molecule has 2 heterocycles. The van der Waals surface area contributed by atoms with Crippen LogP contribution in [0.1, 0.15) is 16.1 Å². The number of nitrogens with zero attached hydrogens (tertiary/aromatic N) is 3. The normalized spacial score (nSPS) is 11.7. The van der Waals surface area contributed by atoms with Crippen LogP contribution in [0.3, 0.4) is 0 Å². The van der Waals surface area contributed by atoms with E-state index in [1.165, 1.54) is 22.9 Å². The molecule has 1 aromatic carbocycles. The highest BCUT2D eigenvalue weighted by atomic mass is 19.4. The van der Waals surface area contributed by atoms with Crippen molar-refractivity contribution < 1.29 is 22.8 Å². The van der Waals surface area contributed by atoms with E-state index in [2.05, 4.69) is 10.1 Å². The lowest BCUT2D eigenvalue weighted by Gasteiger charge is -2.09. The van der Waals surface area contributed by atoms with Gasteiger partial charge in [0.25, 0.3) is 0 Å². The quantitative estimate of drug-likeness (QED) is 0.388. The third-order valence-electron chi connectivity index (χ3n) is 3.70. The van der Waals surface area contributed by atoms with Crippen molar-refractivity contribution in [1.82, 2.24) is 14.8 Å². The van der Waals surface area contributed by atoms with Gasteiger partial charge in [0.05, 0.1) is 16.9 Å². The number of allylic oxidation sites excluding steroid dienone is 2. The molecule has 0 radical (unpaired) electrons. The zero-order valence-electron chi connectivity index (χ0n) is 13.7. The Morgan fingerprint density at radius 2 is 1.70 bits per heavy atom. The summed E-state index contributed by atoms with van der Waals surface area (Å²) in [6.45, 7) is 0. The molecule has 3 aromatic rings. The van der Waals surface area contributed by atoms with Gasteiger partial charge in [0.15, 0.2) is 0 Å². The van der Waals surface area contributed by atoms with Gasteiger partial charge in [-0.25, -0.2) is 4.68 Å². The first-order valence-electron chi connectivity index (χ1n) is 7.74. The Morgan fingerprint density at radius 3 is 2.30 bits per heavy atom. The van der Waals surface area contributed by atoms with E-state index in [9.17, 15) is 22.8 Å². The van der Waals surface area contributed by atoms with E-state index in [4.69, 9.17) is 0 Å². The van der Waals surface area contributed by atoms with Crippen molar-refractivity contribution in [2.75, 3.05) is 0 Å². The molecule has 0 spiro atoms. The van der Waals surface area contributed by atoms with Crippen LogP contribution in [0.5, 0.6) is 0 Å². The number of hydrogen-bond donors (Lipinski definition) is 0. The summed E-state index contributed by atoms with van der Waals surface area (Å²) in [6.07, 6.45) is 1.22. The third kappa shape index (κ3) is 4.00. The van der Waals surface area contributed by atoms with Gasteiger partial charge in [0, 0.05) is 18.0 Å². The molecule has 2 aromatic heterocycles. The van der Waals surface area contributed by atoms with Crippen molar-refractivity contribution in [2.24, 2.45) is 0 Å². The molecule has 0 N–H and O–H groups in total. The molecule has 27 heavy (non-hydrogen) atoms. The lowest BCUT2D eigenvalue weighted by atomic mass is 10.1. The first-order chi connectivity index (χ1) is 12.9. The minimum absolute atomic E-state index is 0.111. The Labute approximate surface area is 151 Å². The van der Waals surface area contributed by atoms with E-state index < -0.39 is 17.5 Å². The average Bonchev–Trinajstić information content (AvgIpc) is 3.12. The third-order valence-corrected chi connectivity index (χ3v) is 3.70. The van der Waals surface area contributed by atoms with Crippen molar-refractivity contribution in [3.63, 3.8) is 0 Å². The topological polar surface area (TPSA) is 64.8 Å². The Kier molecular flexibility index (Phi) is 4.98. The highest BCUT2D eigenvalue weighted by Crippen LogP contribution is 2.30. The number of halogens is 3. The second-order valence-corrected chi connectivity index (χ2v) is 5.47. The highest BCUT2D eigenvalue weighted by Gasteiger charge is 2.30. The Bertz CT molecular complexity index is 991. The van der Waals surface area contributed by atoms with Crippen LogP contribution in [0.4, 0.5) is 13.2 Å². The number of aldehydes is 1. The van der Waals surface area contributed by atoms with Crippen LogP contribution < -0.4 is 0 Å². The maximum atomic E-state index is 12.8. The van der Waals surface area contributed by atoms with Gasteiger partial charge < -0.3 is 0 Å². The largest absolute Gasteiger partial charge is 0.416 e. The molecule has 0 amide bonds. The van der Waals surface area contributed by atoms with Crippen LogP contribution in [0.15, 0.2) is 67.0 Å². The first-order valence-corrected chi connectivity index (χ1v) is 7.74. The smallest absolute Gasteiger partial charge is 0.299 e. The monoisotopic (exact) mass is 371 g/mol. The molecule has 0 saturated carbocycles. The van der Waals surface area contributed by atoms with E-state index in [1.807, 2.05) is 0 Å². The molecule has 136 valence electrons. The number of benzene rings is 1. The molecule has 0 unspecified atom stereocenters. The fourth-order valence-corrected chi connectivity index (χ4v) is 2.42. The molecular weight excluding hydrogens is 359 g/mol. The van der Waals surface area contributed by atoms with E-state index >= 15 is 0 Å². The summed E-state index contributed by atoms with van der Waals surface area (Å²) in [5.41, 5.74) is 0.719. The number of alkyl halides is 3. The lowest BCUT2D eigenvalue weighted by molar-refractivity contribution is -0.137. The molecule has 3 rings (SSSR count). The maximum Gasteiger partial charge on any atom is 0.416 e. The van der Waals surface area contributed by atoms with Crippen LogP contribution in [-0.2, 0) is 11.0 Å². The van der Waals surface area contributed by atoms with Crippen molar-refractivity contribution in [2.45, 2.75) is 6.18 Å². The summed E-state index contributed by atoms with van der Waals surface area (Å²) in [5, 5.41) is 4.34. The molecule has 0 bridgehead atoms. The van der Waals surface area contributed by atoms with Crippen molar-refractivity contribution in [3.05, 3.63) is 78.3 Å². The number of carbonyl (C=O) groups excluding carboxylic acids is 2. The van der Waals surface area contributed by atoms with Gasteiger partial charge in [-0.3, -0.25) is 14.6 Å². The fourth-order valence-electron chi connectivity index (χ4n) is 2.42. The minimum atomic E-state index is -4.46. The van der Waals surface area contributed by atoms with E-state index in [1.54, 1.807) is 24.5 Å². The molecule has 0 fully saturated rings. The number of rotatable bonds is 5. The van der Waals surface area contributed by atoms with Crippen molar-refractivity contribution >= 4 is 12.1 Å². The Balaban J connectivity index is 2.09. The fraction of sp³-hybridized carbons (Fsp3) is 0.0526.